The van der Waals surface area contributed by atoms with Gasteiger partial charge < -0.3 is 25.4 Å². The molecule has 1 unspecified atom stereocenters. The van der Waals surface area contributed by atoms with Crippen molar-refractivity contribution in [3.8, 4) is 0 Å². The molecule has 1 saturated heterocycles. The lowest BCUT2D eigenvalue weighted by Crippen LogP contribution is -2.35. The topological polar surface area (TPSA) is 118 Å². The van der Waals surface area contributed by atoms with Crippen molar-refractivity contribution in [1.29, 1.82) is 0 Å². The van der Waals surface area contributed by atoms with Crippen LogP contribution in [-0.2, 0) is 19.1 Å². The van der Waals surface area contributed by atoms with Crippen LogP contribution in [0.25, 0.3) is 0 Å². The molecule has 0 spiro atoms. The van der Waals surface area contributed by atoms with Crippen molar-refractivity contribution in [3.63, 3.8) is 0 Å². The first-order valence-corrected chi connectivity index (χ1v) is 11.1. The summed E-state index contributed by atoms with van der Waals surface area (Å²) in [7, 11) is 0. The molecule has 2 aromatic rings. The number of esters is 1. The van der Waals surface area contributed by atoms with Crippen molar-refractivity contribution in [3.05, 3.63) is 65.4 Å². The molecule has 9 heteroatoms. The second-order valence-corrected chi connectivity index (χ2v) is 7.85. The number of hydrogen-bond donors (Lipinski definition) is 3. The number of rotatable bonds is 5. The normalized spacial score (nSPS) is 17.1. The molecule has 2 aliphatic rings. The van der Waals surface area contributed by atoms with Crippen LogP contribution in [0, 0.1) is 0 Å². The number of aliphatic imine (C=N–C) groups is 1. The van der Waals surface area contributed by atoms with Crippen LogP contribution in [0.3, 0.4) is 0 Å². The Morgan fingerprint density at radius 1 is 1.15 bits per heavy atom. The second-order valence-electron chi connectivity index (χ2n) is 7.85. The molecule has 34 heavy (non-hydrogen) atoms. The van der Waals surface area contributed by atoms with Gasteiger partial charge in [0, 0.05) is 23.6 Å². The van der Waals surface area contributed by atoms with E-state index in [9.17, 15) is 14.4 Å². The number of allylic oxidation sites excluding steroid dienone is 1. The predicted molar refractivity (Wildman–Crippen MR) is 128 cm³/mol. The van der Waals surface area contributed by atoms with E-state index in [1.807, 2.05) is 18.2 Å². The van der Waals surface area contributed by atoms with E-state index in [2.05, 4.69) is 20.9 Å². The molecular weight excluding hydrogens is 436 g/mol. The van der Waals surface area contributed by atoms with Crippen LogP contribution in [-0.4, -0.2) is 42.9 Å². The third-order valence-corrected chi connectivity index (χ3v) is 5.40. The number of carbonyl (C=O) groups excluding carboxylic acids is 3. The summed E-state index contributed by atoms with van der Waals surface area (Å²) in [6.45, 7) is 4.17. The van der Waals surface area contributed by atoms with E-state index in [4.69, 9.17) is 9.47 Å². The number of para-hydroxylation sites is 2. The molecule has 0 radical (unpaired) electrons. The molecule has 4 rings (SSSR count). The minimum absolute atomic E-state index is 0.0761. The molecule has 0 aromatic heterocycles. The van der Waals surface area contributed by atoms with Gasteiger partial charge in [-0.3, -0.25) is 9.59 Å². The summed E-state index contributed by atoms with van der Waals surface area (Å²) in [6, 6.07) is 13.8. The molecule has 2 aromatic carbocycles. The predicted octanol–water partition coefficient (Wildman–Crippen LogP) is 3.53. The van der Waals surface area contributed by atoms with Crippen molar-refractivity contribution in [2.45, 2.75) is 32.8 Å². The standard InChI is InChI=1S/C25H26N4O5/c1-3-33-25(32)21-15(2)26-18-10-4-5-11-19(18)28-22(21)29-23(30)16-8-6-9-17(14-16)27-24(31)20-12-7-13-34-20/h4-6,8-11,14,20,26H,3,7,12-13H2,1-2H3,(H,27,31)(H,28,29,30). The monoisotopic (exact) mass is 462 g/mol. The average Bonchev–Trinajstić information content (AvgIpc) is 3.31. The van der Waals surface area contributed by atoms with Crippen molar-refractivity contribution in [1.82, 2.24) is 5.32 Å². The van der Waals surface area contributed by atoms with Gasteiger partial charge in [-0.1, -0.05) is 18.2 Å². The highest BCUT2D eigenvalue weighted by molar-refractivity contribution is 6.25. The van der Waals surface area contributed by atoms with Crippen molar-refractivity contribution in [2.24, 2.45) is 4.99 Å². The molecule has 2 aliphatic heterocycles. The Morgan fingerprint density at radius 3 is 2.74 bits per heavy atom. The lowest BCUT2D eigenvalue weighted by Gasteiger charge is -2.14. The van der Waals surface area contributed by atoms with Gasteiger partial charge in [0.2, 0.25) is 0 Å². The summed E-state index contributed by atoms with van der Waals surface area (Å²) in [6.07, 6.45) is 1.03. The number of amidine groups is 1. The molecular formula is C25H26N4O5. The number of benzene rings is 2. The summed E-state index contributed by atoms with van der Waals surface area (Å²) >= 11 is 0. The molecule has 2 amide bonds. The minimum atomic E-state index is -0.600. The van der Waals surface area contributed by atoms with Crippen LogP contribution in [0.15, 0.2) is 64.8 Å². The Kier molecular flexibility index (Phi) is 7.03. The fourth-order valence-electron chi connectivity index (χ4n) is 3.76. The van der Waals surface area contributed by atoms with Gasteiger partial charge in [-0.15, -0.1) is 0 Å². The number of ether oxygens (including phenoxy) is 2. The fraction of sp³-hybridized carbons (Fsp3) is 0.280. The third-order valence-electron chi connectivity index (χ3n) is 5.40. The minimum Gasteiger partial charge on any atom is -0.462 e. The van der Waals surface area contributed by atoms with Crippen molar-refractivity contribution >= 4 is 40.7 Å². The van der Waals surface area contributed by atoms with Crippen LogP contribution >= 0.6 is 0 Å². The first-order valence-electron chi connectivity index (χ1n) is 11.1. The Morgan fingerprint density at radius 2 is 1.97 bits per heavy atom. The van der Waals surface area contributed by atoms with Crippen LogP contribution in [0.1, 0.15) is 37.0 Å². The van der Waals surface area contributed by atoms with Crippen LogP contribution in [0.2, 0.25) is 0 Å². The van der Waals surface area contributed by atoms with Crippen molar-refractivity contribution in [2.75, 3.05) is 23.8 Å². The van der Waals surface area contributed by atoms with E-state index in [0.717, 1.165) is 6.42 Å². The van der Waals surface area contributed by atoms with E-state index < -0.39 is 18.0 Å². The van der Waals surface area contributed by atoms with E-state index in [0.29, 0.717) is 41.4 Å². The lowest BCUT2D eigenvalue weighted by atomic mass is 10.1. The molecule has 0 saturated carbocycles. The van der Waals surface area contributed by atoms with E-state index >= 15 is 0 Å². The summed E-state index contributed by atoms with van der Waals surface area (Å²) in [5, 5.41) is 8.70. The molecule has 1 fully saturated rings. The zero-order chi connectivity index (χ0) is 24.1. The van der Waals surface area contributed by atoms with Crippen molar-refractivity contribution < 1.29 is 23.9 Å². The molecule has 2 heterocycles. The van der Waals surface area contributed by atoms with E-state index in [1.54, 1.807) is 44.2 Å². The van der Waals surface area contributed by atoms with E-state index in [-0.39, 0.29) is 23.9 Å². The first kappa shape index (κ1) is 23.2. The van der Waals surface area contributed by atoms with Gasteiger partial charge in [-0.2, -0.15) is 0 Å². The second kappa shape index (κ2) is 10.3. The Balaban J connectivity index is 1.60. The Labute approximate surface area is 197 Å². The third kappa shape index (κ3) is 5.15. The highest BCUT2D eigenvalue weighted by Crippen LogP contribution is 2.30. The van der Waals surface area contributed by atoms with Gasteiger partial charge in [0.15, 0.2) is 0 Å². The van der Waals surface area contributed by atoms with E-state index in [1.165, 1.54) is 0 Å². The first-order chi connectivity index (χ1) is 16.5. The molecule has 0 aliphatic carbocycles. The quantitative estimate of drug-likeness (QED) is 0.585. The van der Waals surface area contributed by atoms with Gasteiger partial charge in [0.25, 0.3) is 11.8 Å². The van der Waals surface area contributed by atoms with Gasteiger partial charge in [-0.05, 0) is 57.0 Å². The molecule has 1 atom stereocenters. The number of anilines is 2. The number of carbonyl (C=O) groups is 3. The van der Waals surface area contributed by atoms with Gasteiger partial charge in [-0.25, -0.2) is 9.79 Å². The SMILES string of the molecule is CCOC(=O)C1=C(C)Nc2ccccc2N=C1NC(=O)c1cccc(NC(=O)C2CCCO2)c1. The molecule has 9 nitrogen and oxygen atoms in total. The van der Waals surface area contributed by atoms with Gasteiger partial charge in [0.1, 0.15) is 17.5 Å². The summed E-state index contributed by atoms with van der Waals surface area (Å²) < 4.78 is 10.6. The zero-order valence-corrected chi connectivity index (χ0v) is 19.0. The highest BCUT2D eigenvalue weighted by Gasteiger charge is 2.27. The number of fused-ring (bicyclic) bond motifs is 1. The van der Waals surface area contributed by atoms with Crippen LogP contribution < -0.4 is 16.0 Å². The maximum Gasteiger partial charge on any atom is 0.343 e. The Hall–Kier alpha value is -3.98. The highest BCUT2D eigenvalue weighted by atomic mass is 16.5. The number of hydrogen-bond acceptors (Lipinski definition) is 7. The Bertz CT molecular complexity index is 1180. The molecule has 0 bridgehead atoms. The maximum absolute atomic E-state index is 13.1. The van der Waals surface area contributed by atoms with Crippen LogP contribution in [0.4, 0.5) is 17.1 Å². The lowest BCUT2D eigenvalue weighted by molar-refractivity contribution is -0.138. The smallest absolute Gasteiger partial charge is 0.343 e. The van der Waals surface area contributed by atoms with Crippen LogP contribution in [0.5, 0.6) is 0 Å². The number of nitrogens with one attached hydrogen (secondary N) is 3. The maximum atomic E-state index is 13.1. The summed E-state index contributed by atoms with van der Waals surface area (Å²) in [4.78, 5) is 42.8. The molecule has 176 valence electrons. The van der Waals surface area contributed by atoms with Gasteiger partial charge in [0.05, 0.1) is 18.0 Å². The number of nitrogens with zero attached hydrogens (tertiary/aromatic N) is 1. The average molecular weight is 463 g/mol. The molecule has 3 N–H and O–H groups in total. The van der Waals surface area contributed by atoms with Gasteiger partial charge >= 0.3 is 5.97 Å². The summed E-state index contributed by atoms with van der Waals surface area (Å²) in [5.74, 6) is -1.25. The fourth-order valence-corrected chi connectivity index (χ4v) is 3.76. The number of amides is 2. The largest absolute Gasteiger partial charge is 0.462 e. The zero-order valence-electron chi connectivity index (χ0n) is 19.0. The summed E-state index contributed by atoms with van der Waals surface area (Å²) in [5.41, 5.74) is 2.66.